The monoisotopic (exact) mass is 306 g/mol. The zero-order chi connectivity index (χ0) is 15.9. The van der Waals surface area contributed by atoms with Crippen LogP contribution in [-0.4, -0.2) is 18.6 Å². The molecule has 2 aromatic rings. The predicted molar refractivity (Wildman–Crippen MR) is 80.6 cm³/mol. The Morgan fingerprint density at radius 3 is 1.90 bits per heavy atom. The first-order chi connectivity index (χ1) is 9.66. The summed E-state index contributed by atoms with van der Waals surface area (Å²) in [6, 6.07) is 5.89. The summed E-state index contributed by atoms with van der Waals surface area (Å²) >= 11 is 0. The van der Waals surface area contributed by atoms with Gasteiger partial charge in [-0.25, -0.2) is 8.42 Å². The number of sulfone groups is 1. The highest BCUT2D eigenvalue weighted by Gasteiger charge is 2.26. The molecule has 2 aromatic carbocycles. The lowest BCUT2D eigenvalue weighted by molar-refractivity contribution is 0.454. The van der Waals surface area contributed by atoms with Crippen molar-refractivity contribution >= 4 is 9.84 Å². The molecular formula is C16H18O4S. The lowest BCUT2D eigenvalue weighted by atomic mass is 10.1. The second kappa shape index (κ2) is 5.07. The average Bonchev–Trinajstić information content (AvgIpc) is 2.33. The standard InChI is InChI=1S/C16H18O4S/c1-9-5-6-14(15(18)12(9)4)21(19,20)16-10(2)7-13(17)8-11(16)3/h5-8,17-18H,1-4H3. The molecule has 0 bridgehead atoms. The highest BCUT2D eigenvalue weighted by atomic mass is 32.2. The van der Waals surface area contributed by atoms with Crippen LogP contribution >= 0.6 is 0 Å². The van der Waals surface area contributed by atoms with Crippen LogP contribution in [0.5, 0.6) is 11.5 Å². The third kappa shape index (κ3) is 2.49. The van der Waals surface area contributed by atoms with Crippen molar-refractivity contribution in [2.75, 3.05) is 0 Å². The fourth-order valence-corrected chi connectivity index (χ4v) is 4.29. The van der Waals surface area contributed by atoms with Gasteiger partial charge in [0.05, 0.1) is 4.90 Å². The van der Waals surface area contributed by atoms with Gasteiger partial charge in [-0.05, 0) is 68.1 Å². The molecule has 0 atom stereocenters. The van der Waals surface area contributed by atoms with E-state index in [0.29, 0.717) is 16.7 Å². The number of phenols is 2. The van der Waals surface area contributed by atoms with Crippen LogP contribution < -0.4 is 0 Å². The van der Waals surface area contributed by atoms with Crippen LogP contribution in [0.25, 0.3) is 0 Å². The Bertz CT molecular complexity index is 797. The van der Waals surface area contributed by atoms with Crippen molar-refractivity contribution in [1.29, 1.82) is 0 Å². The molecule has 0 aliphatic rings. The van der Waals surface area contributed by atoms with E-state index in [1.54, 1.807) is 26.8 Å². The first-order valence-electron chi connectivity index (χ1n) is 6.50. The summed E-state index contributed by atoms with van der Waals surface area (Å²) in [7, 11) is -3.85. The summed E-state index contributed by atoms with van der Waals surface area (Å²) < 4.78 is 25.7. The minimum absolute atomic E-state index is 0.0215. The fourth-order valence-electron chi connectivity index (χ4n) is 2.45. The molecule has 2 rings (SSSR count). The minimum atomic E-state index is -3.85. The van der Waals surface area contributed by atoms with Gasteiger partial charge in [-0.2, -0.15) is 0 Å². The SMILES string of the molecule is Cc1ccc(S(=O)(=O)c2c(C)cc(O)cc2C)c(O)c1C. The third-order valence-corrected chi connectivity index (χ3v) is 5.76. The van der Waals surface area contributed by atoms with Crippen LogP contribution in [0.2, 0.25) is 0 Å². The van der Waals surface area contributed by atoms with E-state index >= 15 is 0 Å². The number of hydrogen-bond donors (Lipinski definition) is 2. The van der Waals surface area contributed by atoms with Gasteiger partial charge in [0.2, 0.25) is 9.84 Å². The van der Waals surface area contributed by atoms with Crippen LogP contribution in [0.1, 0.15) is 22.3 Å². The Kier molecular flexibility index (Phi) is 3.72. The number of phenolic OH excluding ortho intramolecular Hbond substituents is 2. The quantitative estimate of drug-likeness (QED) is 0.893. The number of hydrogen-bond acceptors (Lipinski definition) is 4. The maximum Gasteiger partial charge on any atom is 0.210 e. The van der Waals surface area contributed by atoms with Crippen LogP contribution in [0.4, 0.5) is 0 Å². The highest BCUT2D eigenvalue weighted by molar-refractivity contribution is 7.91. The van der Waals surface area contributed by atoms with Crippen LogP contribution in [0, 0.1) is 27.7 Å². The van der Waals surface area contributed by atoms with Gasteiger partial charge in [0.25, 0.3) is 0 Å². The normalized spacial score (nSPS) is 11.6. The molecule has 5 heteroatoms. The molecule has 0 amide bonds. The van der Waals surface area contributed by atoms with Gasteiger partial charge in [0, 0.05) is 0 Å². The van der Waals surface area contributed by atoms with E-state index in [-0.39, 0.29) is 21.3 Å². The summed E-state index contributed by atoms with van der Waals surface area (Å²) in [6.45, 7) is 6.73. The van der Waals surface area contributed by atoms with Gasteiger partial charge in [-0.1, -0.05) is 6.07 Å². The number of rotatable bonds is 2. The van der Waals surface area contributed by atoms with E-state index in [1.165, 1.54) is 18.2 Å². The lowest BCUT2D eigenvalue weighted by Gasteiger charge is -2.14. The Morgan fingerprint density at radius 1 is 0.857 bits per heavy atom. The smallest absolute Gasteiger partial charge is 0.210 e. The maximum absolute atomic E-state index is 12.8. The summed E-state index contributed by atoms with van der Waals surface area (Å²) in [5.41, 5.74) is 2.27. The van der Waals surface area contributed by atoms with Crippen molar-refractivity contribution < 1.29 is 18.6 Å². The third-order valence-electron chi connectivity index (χ3n) is 3.67. The molecule has 0 heterocycles. The zero-order valence-corrected chi connectivity index (χ0v) is 13.2. The van der Waals surface area contributed by atoms with Crippen LogP contribution in [-0.2, 0) is 9.84 Å². The molecule has 0 aromatic heterocycles. The highest BCUT2D eigenvalue weighted by Crippen LogP contribution is 2.36. The van der Waals surface area contributed by atoms with E-state index in [2.05, 4.69) is 0 Å². The van der Waals surface area contributed by atoms with Gasteiger partial charge in [0.1, 0.15) is 16.4 Å². The predicted octanol–water partition coefficient (Wildman–Crippen LogP) is 3.16. The molecule has 2 N–H and O–H groups in total. The van der Waals surface area contributed by atoms with Crippen molar-refractivity contribution in [3.63, 3.8) is 0 Å². The topological polar surface area (TPSA) is 74.6 Å². The minimum Gasteiger partial charge on any atom is -0.508 e. The summed E-state index contributed by atoms with van der Waals surface area (Å²) in [4.78, 5) is 0.0151. The number of aromatic hydroxyl groups is 2. The first-order valence-corrected chi connectivity index (χ1v) is 7.99. The molecule has 21 heavy (non-hydrogen) atoms. The molecule has 112 valence electrons. The Labute approximate surface area is 124 Å². The lowest BCUT2D eigenvalue weighted by Crippen LogP contribution is -2.07. The largest absolute Gasteiger partial charge is 0.508 e. The maximum atomic E-state index is 12.8. The summed E-state index contributed by atoms with van der Waals surface area (Å²) in [5, 5.41) is 19.7. The van der Waals surface area contributed by atoms with E-state index in [9.17, 15) is 18.6 Å². The first kappa shape index (κ1) is 15.4. The van der Waals surface area contributed by atoms with Crippen molar-refractivity contribution in [2.24, 2.45) is 0 Å². The van der Waals surface area contributed by atoms with Crippen LogP contribution in [0.3, 0.4) is 0 Å². The van der Waals surface area contributed by atoms with Crippen molar-refractivity contribution in [3.05, 3.63) is 46.5 Å². The van der Waals surface area contributed by atoms with E-state index in [4.69, 9.17) is 0 Å². The molecular weight excluding hydrogens is 288 g/mol. The summed E-state index contributed by atoms with van der Waals surface area (Å²) in [5.74, 6) is -0.199. The van der Waals surface area contributed by atoms with Gasteiger partial charge in [0.15, 0.2) is 0 Å². The van der Waals surface area contributed by atoms with Crippen molar-refractivity contribution in [3.8, 4) is 11.5 Å². The van der Waals surface area contributed by atoms with Crippen molar-refractivity contribution in [1.82, 2.24) is 0 Å². The molecule has 0 spiro atoms. The van der Waals surface area contributed by atoms with Gasteiger partial charge < -0.3 is 10.2 Å². The summed E-state index contributed by atoms with van der Waals surface area (Å²) in [6.07, 6.45) is 0. The molecule has 0 fully saturated rings. The molecule has 0 unspecified atom stereocenters. The molecule has 4 nitrogen and oxygen atoms in total. The molecule has 0 saturated heterocycles. The molecule has 0 saturated carbocycles. The fraction of sp³-hybridized carbons (Fsp3) is 0.250. The van der Waals surface area contributed by atoms with E-state index in [1.807, 2.05) is 6.92 Å². The van der Waals surface area contributed by atoms with Crippen molar-refractivity contribution in [2.45, 2.75) is 37.5 Å². The zero-order valence-electron chi connectivity index (χ0n) is 12.4. The van der Waals surface area contributed by atoms with Gasteiger partial charge in [-0.3, -0.25) is 0 Å². The van der Waals surface area contributed by atoms with E-state index in [0.717, 1.165) is 5.56 Å². The number of benzene rings is 2. The Balaban J connectivity index is 2.78. The molecule has 0 aliphatic heterocycles. The Hall–Kier alpha value is -2.01. The van der Waals surface area contributed by atoms with Crippen LogP contribution in [0.15, 0.2) is 34.1 Å². The number of aryl methyl sites for hydroxylation is 3. The Morgan fingerprint density at radius 2 is 1.38 bits per heavy atom. The molecule has 0 aliphatic carbocycles. The van der Waals surface area contributed by atoms with E-state index < -0.39 is 9.84 Å². The molecule has 0 radical (unpaired) electrons. The second-order valence-corrected chi connectivity index (χ2v) is 7.12. The average molecular weight is 306 g/mol. The van der Waals surface area contributed by atoms with Gasteiger partial charge in [-0.15, -0.1) is 0 Å². The second-order valence-electron chi connectivity index (χ2n) is 5.27. The van der Waals surface area contributed by atoms with Gasteiger partial charge >= 0.3 is 0 Å².